The van der Waals surface area contributed by atoms with Crippen molar-refractivity contribution in [1.82, 2.24) is 14.9 Å². The number of hydrogen-bond donors (Lipinski definition) is 1. The van der Waals surface area contributed by atoms with Crippen LogP contribution in [0.2, 0.25) is 0 Å². The first kappa shape index (κ1) is 12.2. The van der Waals surface area contributed by atoms with Gasteiger partial charge in [-0.05, 0) is 31.6 Å². The average Bonchev–Trinajstić information content (AvgIpc) is 2.89. The monoisotopic (exact) mass is 247 g/mol. The summed E-state index contributed by atoms with van der Waals surface area (Å²) in [5.74, 6) is 1.02. The molecule has 0 saturated heterocycles. The Hall–Kier alpha value is -0.830. The molecular formula is C15H25N3. The molecule has 2 saturated carbocycles. The van der Waals surface area contributed by atoms with Crippen LogP contribution in [0.25, 0.3) is 0 Å². The van der Waals surface area contributed by atoms with E-state index in [-0.39, 0.29) is 0 Å². The highest BCUT2D eigenvalue weighted by Crippen LogP contribution is 2.28. The summed E-state index contributed by atoms with van der Waals surface area (Å²) < 4.78 is 2.26. The van der Waals surface area contributed by atoms with Gasteiger partial charge in [-0.1, -0.05) is 25.7 Å². The van der Waals surface area contributed by atoms with Crippen molar-refractivity contribution in [3.63, 3.8) is 0 Å². The van der Waals surface area contributed by atoms with Crippen molar-refractivity contribution >= 4 is 0 Å². The quantitative estimate of drug-likeness (QED) is 0.802. The number of imidazole rings is 1. The van der Waals surface area contributed by atoms with Crippen LogP contribution in [-0.4, -0.2) is 15.6 Å². The third-order valence-electron chi connectivity index (χ3n) is 4.34. The van der Waals surface area contributed by atoms with Crippen molar-refractivity contribution in [2.45, 2.75) is 70.5 Å². The van der Waals surface area contributed by atoms with Crippen LogP contribution in [0.1, 0.15) is 57.1 Å². The van der Waals surface area contributed by atoms with Crippen molar-refractivity contribution in [2.24, 2.45) is 5.92 Å². The zero-order valence-electron chi connectivity index (χ0n) is 11.3. The molecule has 3 nitrogen and oxygen atoms in total. The number of rotatable bonds is 7. The van der Waals surface area contributed by atoms with Gasteiger partial charge in [-0.15, -0.1) is 0 Å². The summed E-state index contributed by atoms with van der Waals surface area (Å²) in [6, 6.07) is 0.775. The molecule has 2 fully saturated rings. The van der Waals surface area contributed by atoms with E-state index in [9.17, 15) is 0 Å². The van der Waals surface area contributed by atoms with E-state index < -0.39 is 0 Å². The molecule has 18 heavy (non-hydrogen) atoms. The molecule has 0 amide bonds. The van der Waals surface area contributed by atoms with Crippen LogP contribution in [0.5, 0.6) is 0 Å². The lowest BCUT2D eigenvalue weighted by Gasteiger charge is -2.08. The summed E-state index contributed by atoms with van der Waals surface area (Å²) in [4.78, 5) is 4.47. The van der Waals surface area contributed by atoms with Crippen molar-refractivity contribution in [3.8, 4) is 0 Å². The molecule has 0 spiro atoms. The van der Waals surface area contributed by atoms with E-state index in [0.717, 1.165) is 25.0 Å². The lowest BCUT2D eigenvalue weighted by molar-refractivity contribution is 0.458. The minimum atomic E-state index is 0.775. The fourth-order valence-electron chi connectivity index (χ4n) is 3.02. The lowest BCUT2D eigenvalue weighted by atomic mass is 10.0. The molecule has 1 heterocycles. The Morgan fingerprint density at radius 3 is 2.83 bits per heavy atom. The fraction of sp³-hybridized carbons (Fsp3) is 0.800. The Kier molecular flexibility index (Phi) is 3.99. The zero-order chi connectivity index (χ0) is 12.2. The summed E-state index contributed by atoms with van der Waals surface area (Å²) in [6.45, 7) is 2.09. The molecule has 1 N–H and O–H groups in total. The van der Waals surface area contributed by atoms with Gasteiger partial charge in [0, 0.05) is 25.3 Å². The van der Waals surface area contributed by atoms with Crippen molar-refractivity contribution in [3.05, 3.63) is 18.2 Å². The number of nitrogens with one attached hydrogen (secondary N) is 1. The molecule has 3 heteroatoms. The largest absolute Gasteiger partial charge is 0.337 e. The van der Waals surface area contributed by atoms with Crippen LogP contribution >= 0.6 is 0 Å². The molecule has 2 aliphatic carbocycles. The van der Waals surface area contributed by atoms with Crippen LogP contribution in [-0.2, 0) is 13.1 Å². The second kappa shape index (κ2) is 5.87. The molecule has 0 unspecified atom stereocenters. The van der Waals surface area contributed by atoms with Gasteiger partial charge < -0.3 is 9.88 Å². The van der Waals surface area contributed by atoms with Gasteiger partial charge in [0.2, 0.25) is 0 Å². The molecule has 1 aromatic rings. The van der Waals surface area contributed by atoms with E-state index >= 15 is 0 Å². The first-order valence-corrected chi connectivity index (χ1v) is 7.64. The summed E-state index contributed by atoms with van der Waals surface area (Å²) in [6.07, 6.45) is 15.5. The highest BCUT2D eigenvalue weighted by Gasteiger charge is 2.20. The minimum absolute atomic E-state index is 0.775. The zero-order valence-corrected chi connectivity index (χ0v) is 11.3. The maximum absolute atomic E-state index is 4.47. The molecule has 0 bridgehead atoms. The molecule has 2 aliphatic rings. The highest BCUT2D eigenvalue weighted by atomic mass is 15.1. The normalized spacial score (nSPS) is 20.7. The number of aromatic nitrogens is 2. The van der Waals surface area contributed by atoms with Gasteiger partial charge in [0.1, 0.15) is 0 Å². The molecule has 0 radical (unpaired) electrons. The second-order valence-corrected chi connectivity index (χ2v) is 6.05. The lowest BCUT2D eigenvalue weighted by Crippen LogP contribution is -2.15. The molecular weight excluding hydrogens is 222 g/mol. The Bertz CT molecular complexity index is 362. The van der Waals surface area contributed by atoms with E-state index in [4.69, 9.17) is 0 Å². The van der Waals surface area contributed by atoms with Crippen LogP contribution in [0, 0.1) is 5.92 Å². The molecule has 100 valence electrons. The fourth-order valence-corrected chi connectivity index (χ4v) is 3.02. The van der Waals surface area contributed by atoms with E-state index in [1.165, 1.54) is 57.1 Å². The highest BCUT2D eigenvalue weighted by molar-refractivity contribution is 4.97. The molecule has 0 atom stereocenters. The molecule has 0 aromatic carbocycles. The average molecular weight is 247 g/mol. The molecule has 0 aliphatic heterocycles. The Labute approximate surface area is 110 Å². The first-order chi connectivity index (χ1) is 8.90. The summed E-state index contributed by atoms with van der Waals surface area (Å²) in [7, 11) is 0. The SMILES string of the molecule is c1nc(CNC2CC2)cn1CCCC1CCCC1. The van der Waals surface area contributed by atoms with E-state index in [0.29, 0.717) is 0 Å². The maximum atomic E-state index is 4.47. The first-order valence-electron chi connectivity index (χ1n) is 7.64. The van der Waals surface area contributed by atoms with Gasteiger partial charge in [-0.3, -0.25) is 0 Å². The van der Waals surface area contributed by atoms with Gasteiger partial charge in [-0.25, -0.2) is 4.98 Å². The Morgan fingerprint density at radius 2 is 2.06 bits per heavy atom. The summed E-state index contributed by atoms with van der Waals surface area (Å²) in [5.41, 5.74) is 1.20. The van der Waals surface area contributed by atoms with Crippen molar-refractivity contribution < 1.29 is 0 Å². The standard InChI is InChI=1S/C15H25N3/c1-2-5-13(4-1)6-3-9-18-11-15(17-12-18)10-16-14-7-8-14/h11-14,16H,1-10H2. The summed E-state index contributed by atoms with van der Waals surface area (Å²) in [5, 5.41) is 3.51. The second-order valence-electron chi connectivity index (χ2n) is 6.05. The number of hydrogen-bond acceptors (Lipinski definition) is 2. The Morgan fingerprint density at radius 1 is 1.22 bits per heavy atom. The van der Waals surface area contributed by atoms with Gasteiger partial charge in [0.05, 0.1) is 12.0 Å². The third-order valence-corrected chi connectivity index (χ3v) is 4.34. The topological polar surface area (TPSA) is 29.9 Å². The van der Waals surface area contributed by atoms with Gasteiger partial charge in [0.15, 0.2) is 0 Å². The number of aryl methyl sites for hydroxylation is 1. The van der Waals surface area contributed by atoms with Crippen molar-refractivity contribution in [2.75, 3.05) is 0 Å². The molecule has 1 aromatic heterocycles. The van der Waals surface area contributed by atoms with Crippen molar-refractivity contribution in [1.29, 1.82) is 0 Å². The van der Waals surface area contributed by atoms with Gasteiger partial charge in [-0.2, -0.15) is 0 Å². The van der Waals surface area contributed by atoms with E-state index in [1.54, 1.807) is 0 Å². The van der Waals surface area contributed by atoms with Crippen LogP contribution in [0.4, 0.5) is 0 Å². The maximum Gasteiger partial charge on any atom is 0.0949 e. The summed E-state index contributed by atoms with van der Waals surface area (Å²) >= 11 is 0. The third kappa shape index (κ3) is 3.58. The van der Waals surface area contributed by atoms with E-state index in [2.05, 4.69) is 21.1 Å². The predicted octanol–water partition coefficient (Wildman–Crippen LogP) is 3.11. The van der Waals surface area contributed by atoms with Crippen LogP contribution in [0.15, 0.2) is 12.5 Å². The molecule has 3 rings (SSSR count). The van der Waals surface area contributed by atoms with E-state index in [1.807, 2.05) is 6.33 Å². The number of nitrogens with zero attached hydrogens (tertiary/aromatic N) is 2. The predicted molar refractivity (Wildman–Crippen MR) is 73.3 cm³/mol. The van der Waals surface area contributed by atoms with Gasteiger partial charge in [0.25, 0.3) is 0 Å². The Balaban J connectivity index is 1.36. The smallest absolute Gasteiger partial charge is 0.0949 e. The van der Waals surface area contributed by atoms with Crippen LogP contribution in [0.3, 0.4) is 0 Å². The minimum Gasteiger partial charge on any atom is -0.337 e. The van der Waals surface area contributed by atoms with Crippen LogP contribution < -0.4 is 5.32 Å². The van der Waals surface area contributed by atoms with Gasteiger partial charge >= 0.3 is 0 Å².